The Kier molecular flexibility index (Phi) is 3.27. The molecule has 0 unspecified atom stereocenters. The number of carboxylic acid groups (broad SMARTS) is 1. The van der Waals surface area contributed by atoms with Crippen LogP contribution in [0.4, 0.5) is 0 Å². The Morgan fingerprint density at radius 1 is 1.42 bits per heavy atom. The molecule has 0 atom stereocenters. The minimum atomic E-state index is -0.972. The maximum absolute atomic E-state index is 10.7. The van der Waals surface area contributed by atoms with Crippen molar-refractivity contribution in [1.29, 1.82) is 0 Å². The van der Waals surface area contributed by atoms with Crippen molar-refractivity contribution in [3.8, 4) is 0 Å². The third-order valence-electron chi connectivity index (χ3n) is 2.51. The van der Waals surface area contributed by atoms with Gasteiger partial charge in [0.25, 0.3) is 0 Å². The highest BCUT2D eigenvalue weighted by molar-refractivity contribution is 8.00. The molecule has 0 aliphatic carbocycles. The van der Waals surface area contributed by atoms with Gasteiger partial charge in [-0.2, -0.15) is 0 Å². The molecule has 3 rings (SSSR count). The molecule has 3 aromatic rings. The highest BCUT2D eigenvalue weighted by atomic mass is 32.2. The number of carboxylic acids is 1. The summed E-state index contributed by atoms with van der Waals surface area (Å²) in [5, 5.41) is 8.80. The average molecular weight is 291 g/mol. The molecule has 0 bridgehead atoms. The van der Waals surface area contributed by atoms with Gasteiger partial charge in [-0.25, -0.2) is 9.78 Å². The summed E-state index contributed by atoms with van der Waals surface area (Å²) in [6.07, 6.45) is 1.26. The van der Waals surface area contributed by atoms with Gasteiger partial charge in [0.2, 0.25) is 0 Å². The normalized spacial score (nSPS) is 10.9. The van der Waals surface area contributed by atoms with Gasteiger partial charge in [-0.05, 0) is 18.2 Å². The molecule has 1 N–H and O–H groups in total. The van der Waals surface area contributed by atoms with E-state index in [4.69, 9.17) is 9.52 Å². The van der Waals surface area contributed by atoms with Crippen molar-refractivity contribution in [2.24, 2.45) is 0 Å². The fourth-order valence-electron chi connectivity index (χ4n) is 1.61. The molecular weight excluding hydrogens is 282 g/mol. The van der Waals surface area contributed by atoms with E-state index in [9.17, 15) is 4.79 Å². The summed E-state index contributed by atoms with van der Waals surface area (Å²) in [6.45, 7) is 0. The number of hydrogen-bond acceptors (Lipinski definition) is 5. The van der Waals surface area contributed by atoms with E-state index in [0.717, 1.165) is 14.6 Å². The van der Waals surface area contributed by atoms with Crippen molar-refractivity contribution in [2.45, 2.75) is 10.1 Å². The number of thioether (sulfide) groups is 1. The van der Waals surface area contributed by atoms with Crippen LogP contribution < -0.4 is 0 Å². The summed E-state index contributed by atoms with van der Waals surface area (Å²) in [5.41, 5.74) is 1.17. The van der Waals surface area contributed by atoms with Crippen molar-refractivity contribution in [1.82, 2.24) is 4.98 Å². The molecule has 4 nitrogen and oxygen atoms in total. The number of carbonyl (C=O) groups is 1. The molecule has 0 saturated carbocycles. The van der Waals surface area contributed by atoms with Crippen LogP contribution in [0.25, 0.3) is 10.2 Å². The van der Waals surface area contributed by atoms with Gasteiger partial charge in [-0.3, -0.25) is 0 Å². The first-order valence-electron chi connectivity index (χ1n) is 5.51. The molecule has 0 radical (unpaired) electrons. The topological polar surface area (TPSA) is 63.3 Å². The minimum absolute atomic E-state index is 0.180. The van der Waals surface area contributed by atoms with Crippen molar-refractivity contribution in [3.63, 3.8) is 0 Å². The second-order valence-electron chi connectivity index (χ2n) is 3.84. The summed E-state index contributed by atoms with van der Waals surface area (Å²) in [5.74, 6) is 0.245. The first kappa shape index (κ1) is 12.3. The first-order valence-corrected chi connectivity index (χ1v) is 7.31. The van der Waals surface area contributed by atoms with Gasteiger partial charge in [0.05, 0.1) is 21.5 Å². The quantitative estimate of drug-likeness (QED) is 0.739. The van der Waals surface area contributed by atoms with E-state index in [2.05, 4.69) is 4.98 Å². The molecule has 6 heteroatoms. The van der Waals surface area contributed by atoms with Crippen LogP contribution in [0.5, 0.6) is 0 Å². The molecule has 96 valence electrons. The fourth-order valence-corrected chi connectivity index (χ4v) is 3.57. The lowest BCUT2D eigenvalue weighted by Crippen LogP contribution is -1.91. The van der Waals surface area contributed by atoms with Crippen LogP contribution in [0.1, 0.15) is 16.1 Å². The molecule has 0 amide bonds. The van der Waals surface area contributed by atoms with E-state index in [-0.39, 0.29) is 5.56 Å². The van der Waals surface area contributed by atoms with E-state index in [1.165, 1.54) is 6.26 Å². The van der Waals surface area contributed by atoms with Crippen LogP contribution in [0, 0.1) is 0 Å². The lowest BCUT2D eigenvalue weighted by Gasteiger charge is -1.92. The number of aromatic carboxylic acids is 1. The van der Waals surface area contributed by atoms with Gasteiger partial charge in [0.15, 0.2) is 4.34 Å². The maximum atomic E-state index is 10.7. The molecule has 2 heterocycles. The Labute approximate surface area is 117 Å². The second-order valence-corrected chi connectivity index (χ2v) is 6.10. The number of hydrogen-bond donors (Lipinski definition) is 1. The zero-order valence-electron chi connectivity index (χ0n) is 9.70. The van der Waals surface area contributed by atoms with E-state index in [0.29, 0.717) is 11.5 Å². The average Bonchev–Trinajstić information content (AvgIpc) is 3.02. The largest absolute Gasteiger partial charge is 0.478 e. The van der Waals surface area contributed by atoms with Crippen molar-refractivity contribution in [3.05, 3.63) is 47.9 Å². The van der Waals surface area contributed by atoms with Gasteiger partial charge in [0, 0.05) is 0 Å². The highest BCUT2D eigenvalue weighted by Crippen LogP contribution is 2.31. The van der Waals surface area contributed by atoms with Crippen LogP contribution in [0.3, 0.4) is 0 Å². The summed E-state index contributed by atoms with van der Waals surface area (Å²) >= 11 is 3.17. The summed E-state index contributed by atoms with van der Waals surface area (Å²) in [7, 11) is 0. The smallest absolute Gasteiger partial charge is 0.338 e. The molecule has 0 aliphatic rings. The van der Waals surface area contributed by atoms with Gasteiger partial charge < -0.3 is 9.52 Å². The standard InChI is InChI=1S/C13H9NO3S2/c15-12(16)8-5-9(17-6-8)7-18-13-14-10-3-1-2-4-11(10)19-13/h1-6H,7H2,(H,15,16). The number of benzene rings is 1. The van der Waals surface area contributed by atoms with Gasteiger partial charge in [-0.15, -0.1) is 11.3 Å². The Hall–Kier alpha value is -1.79. The number of para-hydroxylation sites is 1. The number of nitrogens with zero attached hydrogens (tertiary/aromatic N) is 1. The highest BCUT2D eigenvalue weighted by Gasteiger charge is 2.10. The number of furan rings is 1. The number of aromatic nitrogens is 1. The summed E-state index contributed by atoms with van der Waals surface area (Å²) in [6, 6.07) is 9.50. The van der Waals surface area contributed by atoms with Crippen molar-refractivity contribution < 1.29 is 14.3 Å². The predicted molar refractivity (Wildman–Crippen MR) is 74.8 cm³/mol. The van der Waals surface area contributed by atoms with E-state index in [1.54, 1.807) is 29.2 Å². The minimum Gasteiger partial charge on any atom is -0.478 e. The molecule has 0 aliphatic heterocycles. The predicted octanol–water partition coefficient (Wildman–Crippen LogP) is 3.88. The third-order valence-corrected chi connectivity index (χ3v) is 4.71. The van der Waals surface area contributed by atoms with Crippen molar-refractivity contribution >= 4 is 39.3 Å². The second kappa shape index (κ2) is 5.07. The Bertz CT molecular complexity index is 699. The van der Waals surface area contributed by atoms with E-state index in [1.807, 2.05) is 24.3 Å². The van der Waals surface area contributed by atoms with Crippen LogP contribution in [0.15, 0.2) is 45.4 Å². The van der Waals surface area contributed by atoms with Gasteiger partial charge in [-0.1, -0.05) is 23.9 Å². The number of thiazole rings is 1. The molecule has 1 aromatic carbocycles. The van der Waals surface area contributed by atoms with Crippen LogP contribution in [-0.2, 0) is 5.75 Å². The van der Waals surface area contributed by atoms with E-state index < -0.39 is 5.97 Å². The zero-order chi connectivity index (χ0) is 13.2. The van der Waals surface area contributed by atoms with Crippen LogP contribution in [-0.4, -0.2) is 16.1 Å². The molecule has 0 fully saturated rings. The molecule has 19 heavy (non-hydrogen) atoms. The first-order chi connectivity index (χ1) is 9.22. The molecule has 0 saturated heterocycles. The fraction of sp³-hybridized carbons (Fsp3) is 0.0769. The van der Waals surface area contributed by atoms with Crippen LogP contribution >= 0.6 is 23.1 Å². The lowest BCUT2D eigenvalue weighted by molar-refractivity contribution is 0.0696. The molecule has 2 aromatic heterocycles. The Morgan fingerprint density at radius 3 is 3.00 bits per heavy atom. The monoisotopic (exact) mass is 291 g/mol. The zero-order valence-corrected chi connectivity index (χ0v) is 11.3. The SMILES string of the molecule is O=C(O)c1coc(CSc2nc3ccccc3s2)c1. The Balaban J connectivity index is 1.72. The summed E-state index contributed by atoms with van der Waals surface area (Å²) in [4.78, 5) is 15.2. The van der Waals surface area contributed by atoms with E-state index >= 15 is 0 Å². The Morgan fingerprint density at radius 2 is 2.26 bits per heavy atom. The van der Waals surface area contributed by atoms with Gasteiger partial charge in [0.1, 0.15) is 12.0 Å². The number of rotatable bonds is 4. The number of fused-ring (bicyclic) bond motifs is 1. The maximum Gasteiger partial charge on any atom is 0.338 e. The molecule has 0 spiro atoms. The van der Waals surface area contributed by atoms with Gasteiger partial charge >= 0.3 is 5.97 Å². The van der Waals surface area contributed by atoms with Crippen molar-refractivity contribution in [2.75, 3.05) is 0 Å². The van der Waals surface area contributed by atoms with Crippen LogP contribution in [0.2, 0.25) is 0 Å². The molecular formula is C13H9NO3S2. The summed E-state index contributed by atoms with van der Waals surface area (Å²) < 4.78 is 7.30. The lowest BCUT2D eigenvalue weighted by atomic mass is 10.3. The third kappa shape index (κ3) is 2.64.